The van der Waals surface area contributed by atoms with Crippen molar-refractivity contribution >= 4 is 59.8 Å². The fourth-order valence-corrected chi connectivity index (χ4v) is 4.09. The van der Waals surface area contributed by atoms with Gasteiger partial charge in [0.05, 0.1) is 6.42 Å². The number of nitrogen functional groups attached to an aromatic ring is 1. The van der Waals surface area contributed by atoms with Gasteiger partial charge in [0.2, 0.25) is 5.91 Å². The normalized spacial score (nSPS) is 14.1. The second-order valence-corrected chi connectivity index (χ2v) is 8.61. The maximum Gasteiger partial charge on any atom is 0.305 e. The number of nitrogens with one attached hydrogen (secondary N) is 3. The van der Waals surface area contributed by atoms with Gasteiger partial charge in [-0.3, -0.25) is 19.8 Å². The Bertz CT molecular complexity index is 1300. The fraction of sp³-hybridized carbons (Fsp3) is 0.185. The predicted octanol–water partition coefficient (Wildman–Crippen LogP) is 3.91. The van der Waals surface area contributed by atoms with Crippen molar-refractivity contribution in [2.75, 3.05) is 17.2 Å². The molecule has 200 valence electrons. The Morgan fingerprint density at radius 1 is 1.03 bits per heavy atom. The number of carboxylic acids is 1. The number of carbonyl (C=O) groups is 3. The Hall–Kier alpha value is -4.08. The number of amides is 2. The van der Waals surface area contributed by atoms with Gasteiger partial charge in [0.25, 0.3) is 5.91 Å². The van der Waals surface area contributed by atoms with Crippen LogP contribution in [0.3, 0.4) is 0 Å². The van der Waals surface area contributed by atoms with Crippen LogP contribution in [0.1, 0.15) is 33.5 Å². The van der Waals surface area contributed by atoms with Gasteiger partial charge >= 0.3 is 5.97 Å². The highest BCUT2D eigenvalue weighted by atomic mass is 35.5. The van der Waals surface area contributed by atoms with E-state index in [9.17, 15) is 19.5 Å². The number of benzene rings is 3. The molecule has 0 saturated heterocycles. The number of nitrogens with two attached hydrogens (primary N) is 1. The molecular weight excluding hydrogens is 529 g/mol. The topological polar surface area (TPSA) is 149 Å². The average Bonchev–Trinajstić information content (AvgIpc) is 2.99. The average molecular weight is 558 g/mol. The number of carboxylic acid groups (broad SMARTS) is 1. The molecule has 9 nitrogen and oxygen atoms in total. The highest BCUT2D eigenvalue weighted by molar-refractivity contribution is 6.05. The van der Waals surface area contributed by atoms with Crippen LogP contribution >= 0.6 is 24.8 Å². The van der Waals surface area contributed by atoms with Crippen molar-refractivity contribution in [3.05, 3.63) is 95.1 Å². The Balaban J connectivity index is 0.00000253. The second kappa shape index (κ2) is 13.5. The van der Waals surface area contributed by atoms with Gasteiger partial charge in [-0.15, -0.1) is 24.8 Å². The predicted molar refractivity (Wildman–Crippen MR) is 152 cm³/mol. The van der Waals surface area contributed by atoms with E-state index in [4.69, 9.17) is 11.1 Å². The zero-order chi connectivity index (χ0) is 25.7. The molecule has 38 heavy (non-hydrogen) atoms. The van der Waals surface area contributed by atoms with E-state index in [2.05, 4.69) is 10.6 Å². The number of halogens is 2. The number of anilines is 2. The summed E-state index contributed by atoms with van der Waals surface area (Å²) in [5, 5.41) is 22.7. The first-order valence-corrected chi connectivity index (χ1v) is 11.5. The van der Waals surface area contributed by atoms with Crippen molar-refractivity contribution in [1.29, 1.82) is 5.41 Å². The second-order valence-electron chi connectivity index (χ2n) is 8.61. The van der Waals surface area contributed by atoms with Crippen molar-refractivity contribution < 1.29 is 19.5 Å². The van der Waals surface area contributed by atoms with E-state index >= 15 is 0 Å². The summed E-state index contributed by atoms with van der Waals surface area (Å²) in [5.41, 5.74) is 9.35. The van der Waals surface area contributed by atoms with Crippen LogP contribution in [-0.2, 0) is 22.6 Å². The Morgan fingerprint density at radius 2 is 1.68 bits per heavy atom. The highest BCUT2D eigenvalue weighted by Crippen LogP contribution is 2.26. The lowest BCUT2D eigenvalue weighted by atomic mass is 10.1. The molecule has 0 saturated carbocycles. The van der Waals surface area contributed by atoms with Crippen molar-refractivity contribution in [3.63, 3.8) is 0 Å². The van der Waals surface area contributed by atoms with Crippen LogP contribution in [0.25, 0.3) is 0 Å². The molecule has 3 aromatic rings. The van der Waals surface area contributed by atoms with Crippen LogP contribution in [0.2, 0.25) is 0 Å². The van der Waals surface area contributed by atoms with Crippen LogP contribution in [0.15, 0.2) is 72.8 Å². The van der Waals surface area contributed by atoms with Crippen LogP contribution in [0, 0.1) is 5.41 Å². The summed E-state index contributed by atoms with van der Waals surface area (Å²) in [4.78, 5) is 39.2. The van der Waals surface area contributed by atoms with Gasteiger partial charge in [0.1, 0.15) is 11.9 Å². The van der Waals surface area contributed by atoms with Crippen LogP contribution < -0.4 is 16.4 Å². The molecule has 1 aliphatic rings. The smallest absolute Gasteiger partial charge is 0.305 e. The largest absolute Gasteiger partial charge is 0.481 e. The molecule has 4 rings (SSSR count). The lowest BCUT2D eigenvalue weighted by Crippen LogP contribution is -2.42. The maximum atomic E-state index is 13.2. The molecule has 0 fully saturated rings. The Labute approximate surface area is 232 Å². The number of carbonyl (C=O) groups excluding carboxylic acids is 2. The lowest BCUT2D eigenvalue weighted by molar-refractivity contribution is -0.141. The Morgan fingerprint density at radius 3 is 2.32 bits per heavy atom. The van der Waals surface area contributed by atoms with E-state index in [0.29, 0.717) is 42.0 Å². The van der Waals surface area contributed by atoms with Crippen molar-refractivity contribution in [2.24, 2.45) is 5.73 Å². The van der Waals surface area contributed by atoms with Crippen LogP contribution in [0.4, 0.5) is 11.4 Å². The number of hydrogen-bond donors (Lipinski definition) is 5. The lowest BCUT2D eigenvalue weighted by Gasteiger charge is -2.24. The maximum absolute atomic E-state index is 13.2. The summed E-state index contributed by atoms with van der Waals surface area (Å²) in [7, 11) is 0. The number of fused-ring (bicyclic) bond motifs is 1. The number of amidine groups is 1. The molecule has 6 N–H and O–H groups in total. The molecule has 0 aliphatic carbocycles. The monoisotopic (exact) mass is 557 g/mol. The molecule has 0 radical (unpaired) electrons. The van der Waals surface area contributed by atoms with Gasteiger partial charge in [-0.1, -0.05) is 36.4 Å². The molecule has 3 aromatic carbocycles. The molecule has 0 spiro atoms. The van der Waals surface area contributed by atoms with E-state index in [1.165, 1.54) is 0 Å². The van der Waals surface area contributed by atoms with Gasteiger partial charge in [-0.25, -0.2) is 0 Å². The van der Waals surface area contributed by atoms with Crippen LogP contribution in [0.5, 0.6) is 0 Å². The van der Waals surface area contributed by atoms with Gasteiger partial charge in [0.15, 0.2) is 0 Å². The number of aliphatic carboxylic acids is 1. The number of nitrogens with zero attached hydrogens (tertiary/aromatic N) is 1. The van der Waals surface area contributed by atoms with E-state index in [1.807, 2.05) is 30.3 Å². The SMILES string of the molecule is Cl.Cl.N=C(N)c1ccc(NC(=O)c2ccc3c(c2)NC(CC(=O)O)C(=O)N(CCc2ccccc2)C3)cc1. The third-order valence-electron chi connectivity index (χ3n) is 6.02. The first-order valence-electron chi connectivity index (χ1n) is 11.5. The first kappa shape index (κ1) is 30.1. The van der Waals surface area contributed by atoms with Crippen LogP contribution in [-0.4, -0.2) is 46.2 Å². The molecule has 0 bridgehead atoms. The standard InChI is InChI=1S/C27H27N5O4.2ClH/c28-25(29)18-8-10-21(11-9-18)30-26(35)19-6-7-20-16-32(13-12-17-4-2-1-3-5-17)27(36)23(15-24(33)34)31-22(20)14-19;;/h1-11,14,23,31H,12-13,15-16H2,(H3,28,29)(H,30,35)(H,33,34);2*1H. The summed E-state index contributed by atoms with van der Waals surface area (Å²) in [6, 6.07) is 20.5. The van der Waals surface area contributed by atoms with E-state index in [1.54, 1.807) is 47.4 Å². The summed E-state index contributed by atoms with van der Waals surface area (Å²) in [6.45, 7) is 0.747. The van der Waals surface area contributed by atoms with Gasteiger partial charge < -0.3 is 26.4 Å². The van der Waals surface area contributed by atoms with E-state index in [-0.39, 0.29) is 48.9 Å². The highest BCUT2D eigenvalue weighted by Gasteiger charge is 2.31. The minimum atomic E-state index is -1.09. The molecular formula is C27H29Cl2N5O4. The van der Waals surface area contributed by atoms with Gasteiger partial charge in [-0.05, 0) is 53.9 Å². The summed E-state index contributed by atoms with van der Waals surface area (Å²) in [5.74, 6) is -1.80. The van der Waals surface area contributed by atoms with Crippen molar-refractivity contribution in [1.82, 2.24) is 4.90 Å². The number of rotatable bonds is 8. The molecule has 0 aromatic heterocycles. The number of hydrogen-bond acceptors (Lipinski definition) is 5. The van der Waals surface area contributed by atoms with Crippen molar-refractivity contribution in [3.8, 4) is 0 Å². The third kappa shape index (κ3) is 7.47. The minimum absolute atomic E-state index is 0. The van der Waals surface area contributed by atoms with E-state index in [0.717, 1.165) is 11.1 Å². The van der Waals surface area contributed by atoms with E-state index < -0.39 is 12.0 Å². The van der Waals surface area contributed by atoms with Gasteiger partial charge in [-0.2, -0.15) is 0 Å². The zero-order valence-corrected chi connectivity index (χ0v) is 22.0. The molecule has 11 heteroatoms. The molecule has 1 aliphatic heterocycles. The van der Waals surface area contributed by atoms with Crippen molar-refractivity contribution in [2.45, 2.75) is 25.4 Å². The summed E-state index contributed by atoms with van der Waals surface area (Å²) in [6.07, 6.45) is 0.268. The third-order valence-corrected chi connectivity index (χ3v) is 6.02. The molecule has 1 heterocycles. The fourth-order valence-electron chi connectivity index (χ4n) is 4.09. The van der Waals surface area contributed by atoms with Gasteiger partial charge in [0, 0.05) is 35.6 Å². The minimum Gasteiger partial charge on any atom is -0.481 e. The summed E-state index contributed by atoms with van der Waals surface area (Å²) >= 11 is 0. The zero-order valence-electron chi connectivity index (χ0n) is 20.3. The summed E-state index contributed by atoms with van der Waals surface area (Å²) < 4.78 is 0. The molecule has 1 atom stereocenters. The first-order chi connectivity index (χ1) is 17.3. The molecule has 2 amide bonds. The quantitative estimate of drug-likeness (QED) is 0.209. The Kier molecular flexibility index (Phi) is 10.7. The molecule has 1 unspecified atom stereocenters.